The number of halogens is 2. The Hall–Kier alpha value is -0.940. The van der Waals surface area contributed by atoms with Gasteiger partial charge in [0.1, 0.15) is 28.6 Å². The van der Waals surface area contributed by atoms with Crippen LogP contribution < -0.4 is 0 Å². The van der Waals surface area contributed by atoms with Gasteiger partial charge < -0.3 is 4.55 Å². The average Bonchev–Trinajstić information content (AvgIpc) is 2.23. The average molecular weight is 259 g/mol. The van der Waals surface area contributed by atoms with E-state index in [1.54, 1.807) is 20.8 Å². The molecule has 1 aromatic rings. The van der Waals surface area contributed by atoms with Gasteiger partial charge in [-0.2, -0.15) is 0 Å². The molecule has 1 aromatic carbocycles. The zero-order valence-electron chi connectivity index (χ0n) is 10.0. The molecule has 17 heavy (non-hydrogen) atoms. The summed E-state index contributed by atoms with van der Waals surface area (Å²) in [6.45, 7) is 4.64. The van der Waals surface area contributed by atoms with Crippen molar-refractivity contribution >= 4 is 17.6 Å². The van der Waals surface area contributed by atoms with E-state index in [0.29, 0.717) is 5.56 Å². The summed E-state index contributed by atoms with van der Waals surface area (Å²) in [4.78, 5) is 0. The highest BCUT2D eigenvalue weighted by molar-refractivity contribution is 7.91. The number of benzene rings is 1. The van der Waals surface area contributed by atoms with Gasteiger partial charge in [0.2, 0.25) is 0 Å². The summed E-state index contributed by atoms with van der Waals surface area (Å²) in [5, 5.41) is 0. The Kier molecular flexibility index (Phi) is 4.65. The highest BCUT2D eigenvalue weighted by Gasteiger charge is 2.25. The molecule has 0 aliphatic carbocycles. The van der Waals surface area contributed by atoms with Crippen LogP contribution in [0, 0.1) is 5.82 Å². The second kappa shape index (κ2) is 5.60. The second-order valence-corrected chi connectivity index (χ2v) is 6.56. The Morgan fingerprint density at radius 2 is 2.00 bits per heavy atom. The fourth-order valence-electron chi connectivity index (χ4n) is 1.09. The summed E-state index contributed by atoms with van der Waals surface area (Å²) in [5.74, 6) is -0.525. The second-order valence-electron chi connectivity index (χ2n) is 4.62. The van der Waals surface area contributed by atoms with E-state index in [4.69, 9.17) is 0 Å². The van der Waals surface area contributed by atoms with Gasteiger partial charge in [-0.3, -0.25) is 0 Å². The lowest BCUT2D eigenvalue weighted by Crippen LogP contribution is -2.25. The topological polar surface area (TPSA) is 35.4 Å². The lowest BCUT2D eigenvalue weighted by molar-refractivity contribution is 0.482. The van der Waals surface area contributed by atoms with Crippen molar-refractivity contribution in [2.24, 2.45) is 4.40 Å². The highest BCUT2D eigenvalue weighted by Crippen LogP contribution is 2.17. The van der Waals surface area contributed by atoms with E-state index in [-0.39, 0.29) is 5.56 Å². The maximum atomic E-state index is 13.1. The Bertz CT molecular complexity index is 415. The van der Waals surface area contributed by atoms with Crippen molar-refractivity contribution in [3.8, 4) is 0 Å². The third-order valence-corrected chi connectivity index (χ3v) is 3.30. The number of nitrogens with zero attached hydrogens (tertiary/aromatic N) is 1. The van der Waals surface area contributed by atoms with Crippen LogP contribution in [-0.2, 0) is 18.0 Å². The minimum absolute atomic E-state index is 0.244. The zero-order chi connectivity index (χ0) is 13.1. The Labute approximate surface area is 103 Å². The summed E-state index contributed by atoms with van der Waals surface area (Å²) in [6, 6.07) is 3.83. The third kappa shape index (κ3) is 4.44. The SMILES string of the molecule is CC(C)(C)[S+]([O-])/N=C/c1cc(F)cc(CF)c1. The van der Waals surface area contributed by atoms with E-state index in [9.17, 15) is 13.3 Å². The predicted octanol–water partition coefficient (Wildman–Crippen LogP) is 3.18. The van der Waals surface area contributed by atoms with Crippen LogP contribution in [-0.4, -0.2) is 15.5 Å². The number of alkyl halides is 1. The molecule has 0 heterocycles. The van der Waals surface area contributed by atoms with Gasteiger partial charge in [-0.15, -0.1) is 0 Å². The highest BCUT2D eigenvalue weighted by atomic mass is 32.2. The molecule has 94 valence electrons. The van der Waals surface area contributed by atoms with Crippen molar-refractivity contribution in [2.75, 3.05) is 0 Å². The van der Waals surface area contributed by atoms with Crippen molar-refractivity contribution in [3.05, 3.63) is 35.1 Å². The van der Waals surface area contributed by atoms with Crippen molar-refractivity contribution in [1.29, 1.82) is 0 Å². The van der Waals surface area contributed by atoms with Crippen LogP contribution in [0.2, 0.25) is 0 Å². The molecule has 0 fully saturated rings. The first-order valence-corrected chi connectivity index (χ1v) is 6.25. The van der Waals surface area contributed by atoms with E-state index in [0.717, 1.165) is 6.07 Å². The zero-order valence-corrected chi connectivity index (χ0v) is 10.9. The molecular formula is C12H15F2NOS. The minimum Gasteiger partial charge on any atom is -0.591 e. The minimum atomic E-state index is -1.40. The van der Waals surface area contributed by atoms with Gasteiger partial charge in [0.05, 0.1) is 6.21 Å². The van der Waals surface area contributed by atoms with Crippen LogP contribution in [0.3, 0.4) is 0 Å². The van der Waals surface area contributed by atoms with Crippen molar-refractivity contribution < 1.29 is 13.3 Å². The first-order chi connectivity index (χ1) is 7.82. The monoisotopic (exact) mass is 259 g/mol. The Balaban J connectivity index is 2.88. The summed E-state index contributed by atoms with van der Waals surface area (Å²) in [5.41, 5.74) is 0.656. The first kappa shape index (κ1) is 14.1. The van der Waals surface area contributed by atoms with Crippen LogP contribution in [0.25, 0.3) is 0 Å². The van der Waals surface area contributed by atoms with E-state index >= 15 is 0 Å². The van der Waals surface area contributed by atoms with Crippen LogP contribution in [0.4, 0.5) is 8.78 Å². The quantitative estimate of drug-likeness (QED) is 0.606. The molecule has 0 bridgehead atoms. The fraction of sp³-hybridized carbons (Fsp3) is 0.417. The molecule has 0 saturated carbocycles. The maximum absolute atomic E-state index is 13.1. The molecule has 0 N–H and O–H groups in total. The fourth-order valence-corrected chi connectivity index (χ4v) is 1.63. The Morgan fingerprint density at radius 1 is 1.35 bits per heavy atom. The summed E-state index contributed by atoms with van der Waals surface area (Å²) in [6.07, 6.45) is 1.31. The van der Waals surface area contributed by atoms with Gasteiger partial charge in [0.25, 0.3) is 0 Å². The van der Waals surface area contributed by atoms with E-state index in [1.807, 2.05) is 0 Å². The van der Waals surface area contributed by atoms with Crippen LogP contribution in [0.1, 0.15) is 31.9 Å². The molecule has 0 aliphatic rings. The predicted molar refractivity (Wildman–Crippen MR) is 66.7 cm³/mol. The van der Waals surface area contributed by atoms with E-state index in [1.165, 1.54) is 18.3 Å². The van der Waals surface area contributed by atoms with Crippen LogP contribution in [0.5, 0.6) is 0 Å². The first-order valence-electron chi connectivity index (χ1n) is 5.14. The molecule has 0 radical (unpaired) electrons. The summed E-state index contributed by atoms with van der Waals surface area (Å²) >= 11 is -1.40. The summed E-state index contributed by atoms with van der Waals surface area (Å²) in [7, 11) is 0. The number of rotatable bonds is 3. The number of hydrogen-bond donors (Lipinski definition) is 0. The molecular weight excluding hydrogens is 244 g/mol. The largest absolute Gasteiger partial charge is 0.591 e. The van der Waals surface area contributed by atoms with Gasteiger partial charge in [0, 0.05) is 5.56 Å². The Morgan fingerprint density at radius 3 is 2.53 bits per heavy atom. The third-order valence-electron chi connectivity index (χ3n) is 1.96. The van der Waals surface area contributed by atoms with Crippen LogP contribution in [0.15, 0.2) is 22.6 Å². The molecule has 0 aliphatic heterocycles. The molecule has 0 spiro atoms. The molecule has 2 nitrogen and oxygen atoms in total. The van der Waals surface area contributed by atoms with Gasteiger partial charge in [-0.25, -0.2) is 8.78 Å². The van der Waals surface area contributed by atoms with Crippen molar-refractivity contribution in [2.45, 2.75) is 32.2 Å². The maximum Gasteiger partial charge on any atom is 0.144 e. The molecule has 1 unspecified atom stereocenters. The van der Waals surface area contributed by atoms with E-state index < -0.39 is 28.6 Å². The van der Waals surface area contributed by atoms with E-state index in [2.05, 4.69) is 4.40 Å². The van der Waals surface area contributed by atoms with Gasteiger partial charge in [-0.05, 0) is 44.5 Å². The lowest BCUT2D eigenvalue weighted by atomic mass is 10.1. The van der Waals surface area contributed by atoms with Gasteiger partial charge >= 0.3 is 0 Å². The molecule has 1 rings (SSSR count). The molecule has 0 amide bonds. The van der Waals surface area contributed by atoms with Crippen molar-refractivity contribution in [3.63, 3.8) is 0 Å². The molecule has 1 atom stereocenters. The van der Waals surface area contributed by atoms with Gasteiger partial charge in [-0.1, -0.05) is 4.40 Å². The smallest absolute Gasteiger partial charge is 0.144 e. The lowest BCUT2D eigenvalue weighted by Gasteiger charge is -2.17. The molecule has 5 heteroatoms. The van der Waals surface area contributed by atoms with Crippen molar-refractivity contribution in [1.82, 2.24) is 0 Å². The normalized spacial score (nSPS) is 14.2. The number of hydrogen-bond acceptors (Lipinski definition) is 2. The standard InChI is InChI=1S/C12H15F2NOS/c1-12(2,3)17(16)15-8-10-4-9(7-13)5-11(14)6-10/h4-6,8H,7H2,1-3H3/b15-8+. The van der Waals surface area contributed by atoms with Crippen LogP contribution >= 0.6 is 0 Å². The molecule has 0 aromatic heterocycles. The molecule has 0 saturated heterocycles. The summed E-state index contributed by atoms with van der Waals surface area (Å²) < 4.78 is 40.5. The van der Waals surface area contributed by atoms with Gasteiger partial charge in [0.15, 0.2) is 0 Å².